The lowest BCUT2D eigenvalue weighted by Crippen LogP contribution is -2.31. The molecule has 0 saturated carbocycles. The molecule has 0 aliphatic heterocycles. The molecule has 0 amide bonds. The highest BCUT2D eigenvalue weighted by atomic mass is 32.2. The van der Waals surface area contributed by atoms with Crippen LogP contribution in [0, 0.1) is 0 Å². The summed E-state index contributed by atoms with van der Waals surface area (Å²) in [6.45, 7) is 5.50. The molecule has 0 heterocycles. The smallest absolute Gasteiger partial charge is 0.307 e. The van der Waals surface area contributed by atoms with Crippen LogP contribution in [-0.4, -0.2) is 76.2 Å². The van der Waals surface area contributed by atoms with Crippen LogP contribution in [0.5, 0.6) is 0 Å². The molecule has 0 bridgehead atoms. The highest BCUT2D eigenvalue weighted by molar-refractivity contribution is 7.87. The number of ether oxygens (including phenoxy) is 4. The predicted octanol–water partition coefficient (Wildman–Crippen LogP) is 1.05. The van der Waals surface area contributed by atoms with Gasteiger partial charge in [-0.05, 0) is 13.3 Å². The third kappa shape index (κ3) is 15.7. The number of carbonyl (C=O) groups is 2. The largest absolute Gasteiger partial charge is 0.747 e. The van der Waals surface area contributed by atoms with Gasteiger partial charge in [-0.15, -0.1) is 0 Å². The molecule has 1 unspecified atom stereocenters. The van der Waals surface area contributed by atoms with Crippen LogP contribution >= 0.6 is 0 Å². The van der Waals surface area contributed by atoms with E-state index in [1.165, 1.54) is 19.3 Å². The summed E-state index contributed by atoms with van der Waals surface area (Å²) < 4.78 is 53.3. The molecule has 9 nitrogen and oxygen atoms in total. The van der Waals surface area contributed by atoms with Gasteiger partial charge in [-0.25, -0.2) is 8.42 Å². The second-order valence-electron chi connectivity index (χ2n) is 5.91. The van der Waals surface area contributed by atoms with E-state index in [0.717, 1.165) is 20.0 Å². The van der Waals surface area contributed by atoms with E-state index in [4.69, 9.17) is 18.9 Å². The summed E-state index contributed by atoms with van der Waals surface area (Å²) in [7, 11) is -4.88. The average molecular weight is 411 g/mol. The van der Waals surface area contributed by atoms with Gasteiger partial charge < -0.3 is 23.5 Å². The Morgan fingerprint density at radius 2 is 1.37 bits per heavy atom. The molecule has 0 aromatic carbocycles. The zero-order valence-corrected chi connectivity index (χ0v) is 17.0. The lowest BCUT2D eigenvalue weighted by atomic mass is 10.2. The molecule has 1 atom stereocenters. The van der Waals surface area contributed by atoms with Crippen LogP contribution < -0.4 is 0 Å². The predicted molar refractivity (Wildman–Crippen MR) is 96.3 cm³/mol. The Morgan fingerprint density at radius 1 is 0.852 bits per heavy atom. The van der Waals surface area contributed by atoms with Crippen LogP contribution in [0.4, 0.5) is 0 Å². The van der Waals surface area contributed by atoms with E-state index < -0.39 is 33.5 Å². The second-order valence-corrected chi connectivity index (χ2v) is 7.47. The lowest BCUT2D eigenvalue weighted by Gasteiger charge is -2.16. The first-order valence-electron chi connectivity index (χ1n) is 9.13. The summed E-state index contributed by atoms with van der Waals surface area (Å²) in [6, 6.07) is 0. The summed E-state index contributed by atoms with van der Waals surface area (Å²) in [5.41, 5.74) is 0. The van der Waals surface area contributed by atoms with Gasteiger partial charge in [-0.3, -0.25) is 9.59 Å². The average Bonchev–Trinajstić information content (AvgIpc) is 2.58. The van der Waals surface area contributed by atoms with Crippen molar-refractivity contribution in [1.82, 2.24) is 0 Å². The number of esters is 1. The minimum Gasteiger partial charge on any atom is -0.747 e. The fraction of sp³-hybridized carbons (Fsp3) is 0.882. The number of ketones is 1. The number of hydrogen-bond donors (Lipinski definition) is 0. The van der Waals surface area contributed by atoms with Gasteiger partial charge >= 0.3 is 5.97 Å². The van der Waals surface area contributed by atoms with E-state index in [0.29, 0.717) is 26.4 Å². The molecule has 0 fully saturated rings. The van der Waals surface area contributed by atoms with Crippen molar-refractivity contribution in [2.24, 2.45) is 0 Å². The van der Waals surface area contributed by atoms with E-state index in [1.54, 1.807) is 0 Å². The Morgan fingerprint density at radius 3 is 1.85 bits per heavy atom. The lowest BCUT2D eigenvalue weighted by molar-refractivity contribution is -0.146. The van der Waals surface area contributed by atoms with Crippen LogP contribution in [-0.2, 0) is 38.7 Å². The van der Waals surface area contributed by atoms with Crippen molar-refractivity contribution in [2.75, 3.05) is 46.2 Å². The molecule has 0 rings (SSSR count). The van der Waals surface area contributed by atoms with Crippen molar-refractivity contribution >= 4 is 21.9 Å². The molecule has 0 aliphatic rings. The van der Waals surface area contributed by atoms with E-state index in [-0.39, 0.29) is 13.2 Å². The maximum atomic E-state index is 11.5. The van der Waals surface area contributed by atoms with Gasteiger partial charge in [0.2, 0.25) is 0 Å². The molecule has 0 saturated heterocycles. The maximum absolute atomic E-state index is 11.5. The van der Waals surface area contributed by atoms with Crippen molar-refractivity contribution in [1.29, 1.82) is 0 Å². The fourth-order valence-electron chi connectivity index (χ4n) is 2.05. The van der Waals surface area contributed by atoms with E-state index in [9.17, 15) is 22.6 Å². The highest BCUT2D eigenvalue weighted by Gasteiger charge is 2.25. The van der Waals surface area contributed by atoms with E-state index in [1.807, 2.05) is 0 Å². The van der Waals surface area contributed by atoms with Crippen LogP contribution in [0.1, 0.15) is 46.0 Å². The minimum atomic E-state index is -4.88. The van der Waals surface area contributed by atoms with Crippen molar-refractivity contribution in [2.45, 2.75) is 51.2 Å². The van der Waals surface area contributed by atoms with Gasteiger partial charge in [-0.1, -0.05) is 26.2 Å². The minimum absolute atomic E-state index is 0.0951. The molecule has 0 radical (unpaired) electrons. The van der Waals surface area contributed by atoms with Crippen LogP contribution in [0.2, 0.25) is 0 Å². The molecule has 0 aromatic heterocycles. The quantitative estimate of drug-likeness (QED) is 0.185. The van der Waals surface area contributed by atoms with Crippen molar-refractivity contribution < 1.29 is 41.5 Å². The number of rotatable bonds is 18. The number of carbonyl (C=O) groups excluding carboxylic acids is 2. The third-order valence-electron chi connectivity index (χ3n) is 3.53. The maximum Gasteiger partial charge on any atom is 0.307 e. The molecule has 10 heteroatoms. The van der Waals surface area contributed by atoms with Crippen LogP contribution in [0.25, 0.3) is 0 Å². The van der Waals surface area contributed by atoms with Gasteiger partial charge in [0, 0.05) is 6.61 Å². The number of unbranched alkanes of at least 4 members (excludes halogenated alkanes) is 3. The van der Waals surface area contributed by atoms with E-state index in [2.05, 4.69) is 6.92 Å². The SMILES string of the molecule is CCCCCCOCCOCCOCCOC(=O)CC(C(C)=O)S(=O)(=O)[O-]. The fourth-order valence-corrected chi connectivity index (χ4v) is 2.79. The van der Waals surface area contributed by atoms with Crippen molar-refractivity contribution in [3.05, 3.63) is 0 Å². The zero-order chi connectivity index (χ0) is 20.5. The summed E-state index contributed by atoms with van der Waals surface area (Å²) in [6.07, 6.45) is 3.87. The topological polar surface area (TPSA) is 128 Å². The standard InChI is InChI=1S/C17H32O9S/c1-3-4-5-6-7-23-8-9-24-10-11-25-12-13-26-17(19)14-16(15(2)18)27(20,21)22/h16H,3-14H2,1-2H3,(H,20,21,22)/p-1. The summed E-state index contributed by atoms with van der Waals surface area (Å²) in [5.74, 6) is -1.83. The Kier molecular flexibility index (Phi) is 15.3. The summed E-state index contributed by atoms with van der Waals surface area (Å²) >= 11 is 0. The molecule has 0 aliphatic carbocycles. The third-order valence-corrected chi connectivity index (χ3v) is 4.73. The van der Waals surface area contributed by atoms with Gasteiger partial charge in [-0.2, -0.15) is 0 Å². The summed E-state index contributed by atoms with van der Waals surface area (Å²) in [4.78, 5) is 22.5. The molecule has 27 heavy (non-hydrogen) atoms. The molecule has 0 aromatic rings. The van der Waals surface area contributed by atoms with Crippen LogP contribution in [0.3, 0.4) is 0 Å². The molecule has 0 spiro atoms. The van der Waals surface area contributed by atoms with Crippen molar-refractivity contribution in [3.8, 4) is 0 Å². The van der Waals surface area contributed by atoms with Gasteiger partial charge in [0.25, 0.3) is 0 Å². The Hall–Kier alpha value is -1.07. The normalized spacial score (nSPS) is 12.7. The first-order chi connectivity index (χ1) is 12.8. The Labute approximate surface area is 161 Å². The van der Waals surface area contributed by atoms with Gasteiger partial charge in [0.15, 0.2) is 0 Å². The first kappa shape index (κ1) is 25.9. The summed E-state index contributed by atoms with van der Waals surface area (Å²) in [5, 5.41) is -1.91. The monoisotopic (exact) mass is 411 g/mol. The molecular formula is C17H31O9S-. The van der Waals surface area contributed by atoms with E-state index >= 15 is 0 Å². The Bertz CT molecular complexity index is 505. The molecule has 160 valence electrons. The molecule has 0 N–H and O–H groups in total. The Balaban J connectivity index is 3.51. The van der Waals surface area contributed by atoms with Crippen molar-refractivity contribution in [3.63, 3.8) is 0 Å². The number of hydrogen-bond acceptors (Lipinski definition) is 9. The zero-order valence-electron chi connectivity index (χ0n) is 16.1. The number of Topliss-reactive ketones (excluding diaryl/α,β-unsaturated/α-hetero) is 1. The van der Waals surface area contributed by atoms with Crippen LogP contribution in [0.15, 0.2) is 0 Å². The van der Waals surface area contributed by atoms with Gasteiger partial charge in [0.05, 0.1) is 39.5 Å². The highest BCUT2D eigenvalue weighted by Crippen LogP contribution is 2.07. The molecular weight excluding hydrogens is 380 g/mol. The second kappa shape index (κ2) is 15.9. The first-order valence-corrected chi connectivity index (χ1v) is 10.6. The van der Waals surface area contributed by atoms with Gasteiger partial charge in [0.1, 0.15) is 27.8 Å².